The van der Waals surface area contributed by atoms with Gasteiger partial charge in [0.15, 0.2) is 5.13 Å². The van der Waals surface area contributed by atoms with E-state index in [1.807, 2.05) is 13.8 Å². The molecule has 0 saturated heterocycles. The van der Waals surface area contributed by atoms with Crippen molar-refractivity contribution in [2.75, 3.05) is 10.5 Å². The second-order valence-corrected chi connectivity index (χ2v) is 7.24. The zero-order valence-corrected chi connectivity index (χ0v) is 12.7. The molecule has 0 spiro atoms. The Hall–Kier alpha value is -1.31. The zero-order chi connectivity index (χ0) is 14.2. The number of aryl methyl sites for hydroxylation is 2. The molecular formula is C11H12ClN3O2S2. The molecule has 0 aliphatic carbocycles. The monoisotopic (exact) mass is 317 g/mol. The van der Waals surface area contributed by atoms with Crippen LogP contribution in [0.15, 0.2) is 23.1 Å². The average Bonchev–Trinajstić information content (AvgIpc) is 2.60. The Morgan fingerprint density at radius 3 is 2.63 bits per heavy atom. The molecule has 1 heterocycles. The van der Waals surface area contributed by atoms with Gasteiger partial charge >= 0.3 is 0 Å². The number of aromatic nitrogens is 1. The molecule has 0 aliphatic rings. The molecule has 19 heavy (non-hydrogen) atoms. The first-order chi connectivity index (χ1) is 8.79. The van der Waals surface area contributed by atoms with Crippen LogP contribution in [-0.4, -0.2) is 13.4 Å². The largest absolute Gasteiger partial charge is 0.398 e. The number of hydrogen-bond donors (Lipinski definition) is 2. The van der Waals surface area contributed by atoms with Crippen molar-refractivity contribution in [2.24, 2.45) is 0 Å². The number of anilines is 2. The first kappa shape index (κ1) is 14.1. The first-order valence-corrected chi connectivity index (χ1v) is 7.99. The van der Waals surface area contributed by atoms with Gasteiger partial charge in [0, 0.05) is 9.90 Å². The third kappa shape index (κ3) is 2.99. The minimum absolute atomic E-state index is 0.0505. The van der Waals surface area contributed by atoms with Crippen molar-refractivity contribution in [3.8, 4) is 0 Å². The van der Waals surface area contributed by atoms with Crippen LogP contribution in [0, 0.1) is 13.8 Å². The van der Waals surface area contributed by atoms with E-state index in [4.69, 9.17) is 17.3 Å². The summed E-state index contributed by atoms with van der Waals surface area (Å²) in [5.74, 6) is 0. The molecule has 8 heteroatoms. The maximum Gasteiger partial charge on any atom is 0.265 e. The predicted octanol–water partition coefficient (Wildman–Crippen LogP) is 2.80. The van der Waals surface area contributed by atoms with Gasteiger partial charge in [-0.1, -0.05) is 11.6 Å². The van der Waals surface area contributed by atoms with E-state index in [1.165, 1.54) is 29.5 Å². The quantitative estimate of drug-likeness (QED) is 0.852. The van der Waals surface area contributed by atoms with Gasteiger partial charge in [-0.05, 0) is 32.0 Å². The topological polar surface area (TPSA) is 85.1 Å². The number of nitrogens with one attached hydrogen (secondary N) is 1. The van der Waals surface area contributed by atoms with Crippen LogP contribution < -0.4 is 10.5 Å². The van der Waals surface area contributed by atoms with Crippen LogP contribution in [0.4, 0.5) is 10.8 Å². The van der Waals surface area contributed by atoms with Gasteiger partial charge in [-0.15, -0.1) is 11.3 Å². The summed E-state index contributed by atoms with van der Waals surface area (Å²) >= 11 is 7.07. The Balaban J connectivity index is 2.40. The Bertz CT molecular complexity index is 706. The minimum atomic E-state index is -3.78. The molecule has 0 aliphatic heterocycles. The van der Waals surface area contributed by atoms with Crippen LogP contribution in [-0.2, 0) is 10.0 Å². The van der Waals surface area contributed by atoms with E-state index in [9.17, 15) is 8.42 Å². The van der Waals surface area contributed by atoms with Crippen LogP contribution in [0.3, 0.4) is 0 Å². The first-order valence-electron chi connectivity index (χ1n) is 5.31. The Labute approximate surface area is 120 Å². The number of thiazole rings is 1. The van der Waals surface area contributed by atoms with E-state index in [-0.39, 0.29) is 10.6 Å². The number of hydrogen-bond acceptors (Lipinski definition) is 5. The molecule has 2 aromatic rings. The fraction of sp³-hybridized carbons (Fsp3) is 0.182. The van der Waals surface area contributed by atoms with Crippen molar-refractivity contribution in [3.63, 3.8) is 0 Å². The summed E-state index contributed by atoms with van der Waals surface area (Å²) in [5, 5.41) is 0.621. The molecule has 102 valence electrons. The summed E-state index contributed by atoms with van der Waals surface area (Å²) in [6, 6.07) is 4.30. The Kier molecular flexibility index (Phi) is 3.71. The number of rotatable bonds is 3. The van der Waals surface area contributed by atoms with E-state index < -0.39 is 10.0 Å². The highest BCUT2D eigenvalue weighted by atomic mass is 35.5. The fourth-order valence-corrected chi connectivity index (χ4v) is 3.87. The average molecular weight is 318 g/mol. The van der Waals surface area contributed by atoms with Crippen LogP contribution in [0.5, 0.6) is 0 Å². The van der Waals surface area contributed by atoms with Gasteiger partial charge in [-0.25, -0.2) is 13.4 Å². The summed E-state index contributed by atoms with van der Waals surface area (Å²) in [7, 11) is -3.78. The molecule has 2 rings (SSSR count). The van der Waals surface area contributed by atoms with Gasteiger partial charge < -0.3 is 5.73 Å². The Morgan fingerprint density at radius 1 is 1.37 bits per heavy atom. The van der Waals surface area contributed by atoms with E-state index in [2.05, 4.69) is 9.71 Å². The minimum Gasteiger partial charge on any atom is -0.398 e. The van der Waals surface area contributed by atoms with Crippen LogP contribution >= 0.6 is 22.9 Å². The predicted molar refractivity (Wildman–Crippen MR) is 78.3 cm³/mol. The third-order valence-corrected chi connectivity index (χ3v) is 5.26. The van der Waals surface area contributed by atoms with Gasteiger partial charge in [0.05, 0.1) is 11.4 Å². The smallest absolute Gasteiger partial charge is 0.265 e. The van der Waals surface area contributed by atoms with E-state index in [0.717, 1.165) is 10.6 Å². The highest BCUT2D eigenvalue weighted by Gasteiger charge is 2.20. The number of nitrogens with zero attached hydrogens (tertiary/aromatic N) is 1. The van der Waals surface area contributed by atoms with Gasteiger partial charge in [0.25, 0.3) is 10.0 Å². The highest BCUT2D eigenvalue weighted by molar-refractivity contribution is 7.93. The summed E-state index contributed by atoms with van der Waals surface area (Å²) in [5.41, 5.74) is 6.60. The lowest BCUT2D eigenvalue weighted by atomic mass is 10.3. The molecule has 1 aromatic carbocycles. The standard InChI is InChI=1S/C11H12ClN3O2S2/c1-6-7(2)18-11(14-6)15-19(16,17)10-5-8(12)3-4-9(10)13/h3-5H,13H2,1-2H3,(H,14,15). The fourth-order valence-electron chi connectivity index (χ4n) is 1.43. The van der Waals surface area contributed by atoms with Gasteiger partial charge in [-0.2, -0.15) is 0 Å². The van der Waals surface area contributed by atoms with Crippen molar-refractivity contribution in [1.29, 1.82) is 0 Å². The zero-order valence-electron chi connectivity index (χ0n) is 10.3. The maximum atomic E-state index is 12.2. The summed E-state index contributed by atoms with van der Waals surface area (Å²) < 4.78 is 26.8. The molecule has 0 fully saturated rings. The molecule has 0 unspecified atom stereocenters. The van der Waals surface area contributed by atoms with Crippen LogP contribution in [0.2, 0.25) is 5.02 Å². The van der Waals surface area contributed by atoms with Crippen LogP contribution in [0.25, 0.3) is 0 Å². The normalized spacial score (nSPS) is 11.5. The van der Waals surface area contributed by atoms with E-state index >= 15 is 0 Å². The molecule has 3 N–H and O–H groups in total. The van der Waals surface area contributed by atoms with E-state index in [0.29, 0.717) is 10.2 Å². The van der Waals surface area contributed by atoms with Gasteiger partial charge in [0.2, 0.25) is 0 Å². The number of nitrogens with two attached hydrogens (primary N) is 1. The lowest BCUT2D eigenvalue weighted by molar-refractivity contribution is 0.601. The molecule has 0 radical (unpaired) electrons. The number of benzene rings is 1. The lowest BCUT2D eigenvalue weighted by Gasteiger charge is -2.08. The second kappa shape index (κ2) is 4.99. The van der Waals surface area contributed by atoms with Gasteiger partial charge in [-0.3, -0.25) is 4.72 Å². The molecule has 0 amide bonds. The van der Waals surface area contributed by atoms with Crippen molar-refractivity contribution >= 4 is 43.8 Å². The SMILES string of the molecule is Cc1nc(NS(=O)(=O)c2cc(Cl)ccc2N)sc1C. The third-order valence-electron chi connectivity index (χ3n) is 2.52. The molecule has 0 saturated carbocycles. The number of halogens is 1. The van der Waals surface area contributed by atoms with Crippen molar-refractivity contribution in [3.05, 3.63) is 33.8 Å². The van der Waals surface area contributed by atoms with Crippen molar-refractivity contribution in [1.82, 2.24) is 4.98 Å². The molecule has 5 nitrogen and oxygen atoms in total. The maximum absolute atomic E-state index is 12.2. The lowest BCUT2D eigenvalue weighted by Crippen LogP contribution is -2.14. The number of sulfonamides is 1. The molecule has 0 bridgehead atoms. The summed E-state index contributed by atoms with van der Waals surface area (Å²) in [6.45, 7) is 3.69. The van der Waals surface area contributed by atoms with E-state index in [1.54, 1.807) is 0 Å². The summed E-state index contributed by atoms with van der Waals surface area (Å²) in [6.07, 6.45) is 0. The van der Waals surface area contributed by atoms with Crippen molar-refractivity contribution < 1.29 is 8.42 Å². The Morgan fingerprint density at radius 2 is 2.05 bits per heavy atom. The molecule has 1 aromatic heterocycles. The van der Waals surface area contributed by atoms with Gasteiger partial charge in [0.1, 0.15) is 4.90 Å². The van der Waals surface area contributed by atoms with Crippen LogP contribution in [0.1, 0.15) is 10.6 Å². The molecular weight excluding hydrogens is 306 g/mol. The number of nitrogen functional groups attached to an aromatic ring is 1. The second-order valence-electron chi connectivity index (χ2n) is 3.95. The molecule has 0 atom stereocenters. The van der Waals surface area contributed by atoms with Crippen molar-refractivity contribution in [2.45, 2.75) is 18.7 Å². The highest BCUT2D eigenvalue weighted by Crippen LogP contribution is 2.27. The summed E-state index contributed by atoms with van der Waals surface area (Å²) in [4.78, 5) is 5.03.